The van der Waals surface area contributed by atoms with Gasteiger partial charge < -0.3 is 25.4 Å². The van der Waals surface area contributed by atoms with E-state index in [2.05, 4.69) is 0 Å². The normalized spacial score (nSPS) is 20.9. The molecule has 0 bridgehead atoms. The summed E-state index contributed by atoms with van der Waals surface area (Å²) >= 11 is 0. The van der Waals surface area contributed by atoms with E-state index in [9.17, 15) is 19.5 Å². The molecule has 2 aromatic rings. The largest absolute Gasteiger partial charge is 0.460 e. The van der Waals surface area contributed by atoms with Crippen molar-refractivity contribution in [2.45, 2.75) is 58.8 Å². The second kappa shape index (κ2) is 14.8. The Hall–Kier alpha value is -4.24. The molecule has 9 nitrogen and oxygen atoms in total. The molecule has 2 amide bonds. The van der Waals surface area contributed by atoms with Crippen molar-refractivity contribution < 1.29 is 24.2 Å². The van der Waals surface area contributed by atoms with E-state index in [-0.39, 0.29) is 25.5 Å². The molecule has 40 heavy (non-hydrogen) atoms. The van der Waals surface area contributed by atoms with Crippen LogP contribution in [-0.2, 0) is 20.1 Å². The number of primary amides is 1. The van der Waals surface area contributed by atoms with Gasteiger partial charge in [0.1, 0.15) is 0 Å². The third-order valence-electron chi connectivity index (χ3n) is 6.54. The van der Waals surface area contributed by atoms with Gasteiger partial charge in [-0.25, -0.2) is 4.79 Å². The summed E-state index contributed by atoms with van der Waals surface area (Å²) in [5.41, 5.74) is 4.96. The third kappa shape index (κ3) is 7.24. The number of nitrogens with two attached hydrogens (primary N) is 1. The average molecular weight is 549 g/mol. The second-order valence-corrected chi connectivity index (χ2v) is 8.98. The predicted molar refractivity (Wildman–Crippen MR) is 155 cm³/mol. The molecule has 9 heteroatoms. The molecule has 0 aliphatic carbocycles. The third-order valence-corrected chi connectivity index (χ3v) is 6.54. The molecule has 1 fully saturated rings. The van der Waals surface area contributed by atoms with Gasteiger partial charge in [0.15, 0.2) is 5.72 Å². The Morgan fingerprint density at radius 2 is 1.73 bits per heavy atom. The molecule has 3 rings (SSSR count). The van der Waals surface area contributed by atoms with Crippen molar-refractivity contribution in [2.24, 2.45) is 5.73 Å². The molecule has 4 N–H and O–H groups in total. The molecule has 0 aromatic heterocycles. The number of carbonyl (C=O) groups is 3. The Balaban J connectivity index is 0.00000274. The van der Waals surface area contributed by atoms with E-state index in [4.69, 9.17) is 15.9 Å². The number of hydrogen-bond donors (Lipinski definition) is 3. The monoisotopic (exact) mass is 548 g/mol. The molecule has 3 unspecified atom stereocenters. The van der Waals surface area contributed by atoms with Crippen LogP contribution in [0.5, 0.6) is 0 Å². The molecule has 1 heterocycles. The highest BCUT2D eigenvalue weighted by Crippen LogP contribution is 2.43. The van der Waals surface area contributed by atoms with Crippen molar-refractivity contribution in [1.82, 2.24) is 9.80 Å². The molecule has 214 valence electrons. The highest BCUT2D eigenvalue weighted by Gasteiger charge is 2.49. The van der Waals surface area contributed by atoms with E-state index in [1.54, 1.807) is 84.6 Å². The number of benzene rings is 2. The molecular weight excluding hydrogens is 508 g/mol. The van der Waals surface area contributed by atoms with Crippen LogP contribution in [0.15, 0.2) is 78.9 Å². The van der Waals surface area contributed by atoms with Crippen LogP contribution in [0.4, 0.5) is 0 Å². The molecular formula is C31H40N4O5. The summed E-state index contributed by atoms with van der Waals surface area (Å²) in [5, 5.41) is 21.3. The minimum absolute atomic E-state index is 0.0618. The molecule has 1 aliphatic heterocycles. The van der Waals surface area contributed by atoms with Crippen LogP contribution in [-0.4, -0.2) is 57.7 Å². The summed E-state index contributed by atoms with van der Waals surface area (Å²) < 4.78 is 5.14. The van der Waals surface area contributed by atoms with Gasteiger partial charge in [0.2, 0.25) is 17.6 Å². The van der Waals surface area contributed by atoms with Crippen LogP contribution in [0.2, 0.25) is 0 Å². The second-order valence-electron chi connectivity index (χ2n) is 8.98. The molecule has 1 aliphatic rings. The fraction of sp³-hybridized carbons (Fsp3) is 0.355. The van der Waals surface area contributed by atoms with Gasteiger partial charge in [-0.15, -0.1) is 0 Å². The van der Waals surface area contributed by atoms with Crippen LogP contribution in [0.3, 0.4) is 0 Å². The minimum Gasteiger partial charge on any atom is -0.460 e. The van der Waals surface area contributed by atoms with E-state index in [1.165, 1.54) is 11.8 Å². The first-order valence-corrected chi connectivity index (χ1v) is 13.4. The zero-order chi connectivity index (χ0) is 29.9. The van der Waals surface area contributed by atoms with Crippen LogP contribution in [0.25, 0.3) is 0 Å². The van der Waals surface area contributed by atoms with Crippen molar-refractivity contribution in [3.63, 3.8) is 0 Å². The summed E-state index contributed by atoms with van der Waals surface area (Å²) in [4.78, 5) is 40.4. The Kier molecular flexibility index (Phi) is 11.8. The number of nitrogens with one attached hydrogen (secondary N) is 1. The van der Waals surface area contributed by atoms with Crippen LogP contribution in [0, 0.1) is 5.41 Å². The van der Waals surface area contributed by atoms with Gasteiger partial charge in [0.05, 0.1) is 18.7 Å². The van der Waals surface area contributed by atoms with Gasteiger partial charge in [-0.2, -0.15) is 0 Å². The number of allylic oxidation sites excluding steroid dienone is 3. The van der Waals surface area contributed by atoms with E-state index in [1.807, 2.05) is 26.8 Å². The van der Waals surface area contributed by atoms with Gasteiger partial charge in [-0.3, -0.25) is 15.0 Å². The Labute approximate surface area is 236 Å². The fourth-order valence-electron chi connectivity index (χ4n) is 4.74. The zero-order valence-electron chi connectivity index (χ0n) is 23.8. The molecule has 0 saturated carbocycles. The number of carbonyl (C=O) groups excluding carboxylic acids is 3. The lowest BCUT2D eigenvalue weighted by molar-refractivity contribution is -0.141. The molecule has 1 saturated heterocycles. The first-order chi connectivity index (χ1) is 19.1. The Morgan fingerprint density at radius 3 is 2.25 bits per heavy atom. The maximum Gasteiger partial charge on any atom is 0.373 e. The van der Waals surface area contributed by atoms with Crippen molar-refractivity contribution in [2.75, 3.05) is 13.2 Å². The maximum atomic E-state index is 13.0. The fourth-order valence-corrected chi connectivity index (χ4v) is 4.74. The van der Waals surface area contributed by atoms with Crippen molar-refractivity contribution in [1.29, 1.82) is 5.41 Å². The minimum atomic E-state index is -1.88. The maximum absolute atomic E-state index is 13.0. The quantitative estimate of drug-likeness (QED) is 0.213. The van der Waals surface area contributed by atoms with Crippen molar-refractivity contribution >= 4 is 23.6 Å². The summed E-state index contributed by atoms with van der Waals surface area (Å²) in [5.74, 6) is -2.24. The van der Waals surface area contributed by atoms with Gasteiger partial charge in [-0.05, 0) is 31.5 Å². The first-order valence-electron chi connectivity index (χ1n) is 13.4. The number of ether oxygens (including phenoxy) is 1. The smallest absolute Gasteiger partial charge is 0.373 e. The van der Waals surface area contributed by atoms with Gasteiger partial charge in [0.25, 0.3) is 0 Å². The molecule has 3 atom stereocenters. The highest BCUT2D eigenvalue weighted by molar-refractivity contribution is 6.34. The van der Waals surface area contributed by atoms with Crippen molar-refractivity contribution in [3.8, 4) is 0 Å². The number of aliphatic hydroxyl groups is 1. The number of amides is 2. The predicted octanol–water partition coefficient (Wildman–Crippen LogP) is 4.29. The first kappa shape index (κ1) is 32.0. The summed E-state index contributed by atoms with van der Waals surface area (Å²) in [6.45, 7) is 9.06. The topological polar surface area (TPSA) is 137 Å². The number of hydrogen-bond acceptors (Lipinski definition) is 6. The van der Waals surface area contributed by atoms with Crippen molar-refractivity contribution in [3.05, 3.63) is 95.6 Å². The van der Waals surface area contributed by atoms with E-state index < -0.39 is 35.5 Å². The number of esters is 1. The lowest BCUT2D eigenvalue weighted by Gasteiger charge is -2.43. The van der Waals surface area contributed by atoms with Crippen LogP contribution >= 0.6 is 0 Å². The van der Waals surface area contributed by atoms with Gasteiger partial charge in [-0.1, -0.05) is 80.6 Å². The lowest BCUT2D eigenvalue weighted by atomic mass is 9.89. The van der Waals surface area contributed by atoms with Gasteiger partial charge >= 0.3 is 5.97 Å². The zero-order valence-corrected chi connectivity index (χ0v) is 23.8. The lowest BCUT2D eigenvalue weighted by Crippen LogP contribution is -2.56. The molecule has 2 aromatic carbocycles. The molecule has 0 radical (unpaired) electrons. The SMILES string of the molecule is C/C=C\C=C/C1CN(C(C)=O)C(c2ccc(C(N)=O)cc2)CC(O)(c2ccccc2)N1C(=N)C(=O)OCC.CC. The van der Waals surface area contributed by atoms with E-state index >= 15 is 0 Å². The van der Waals surface area contributed by atoms with E-state index in [0.717, 1.165) is 0 Å². The van der Waals surface area contributed by atoms with Gasteiger partial charge in [0, 0.05) is 31.0 Å². The van der Waals surface area contributed by atoms with Crippen LogP contribution in [0.1, 0.15) is 68.6 Å². The standard InChI is InChI=1S/C29H34N4O5.C2H6/c1-4-6-8-13-24-19-32(20(3)34)25(21-14-16-22(17-15-21)27(31)35)18-29(37,23-11-9-7-10-12-23)33(24)26(30)28(36)38-5-2;1-2/h4,6-17,24-25,30,37H,5,18-19H2,1-3H3,(H2,31,35);1-2H3/b6-4-,13-8-,30-26?;. The number of nitrogens with zero attached hydrogens (tertiary/aromatic N) is 2. The number of amidine groups is 1. The summed E-state index contributed by atoms with van der Waals surface area (Å²) in [7, 11) is 0. The molecule has 0 spiro atoms. The Morgan fingerprint density at radius 1 is 1.10 bits per heavy atom. The number of rotatable bonds is 6. The summed E-state index contributed by atoms with van der Waals surface area (Å²) in [6, 6.07) is 13.9. The Bertz CT molecular complexity index is 1230. The van der Waals surface area contributed by atoms with Crippen LogP contribution < -0.4 is 5.73 Å². The summed E-state index contributed by atoms with van der Waals surface area (Å²) in [6.07, 6.45) is 7.04. The highest BCUT2D eigenvalue weighted by atomic mass is 16.5. The van der Waals surface area contributed by atoms with E-state index in [0.29, 0.717) is 16.7 Å². The average Bonchev–Trinajstić information content (AvgIpc) is 3.09.